The number of alkyl halides is 1. The van der Waals surface area contributed by atoms with Crippen molar-refractivity contribution in [1.29, 1.82) is 0 Å². The van der Waals surface area contributed by atoms with E-state index in [0.717, 1.165) is 10.5 Å². The minimum atomic E-state index is -1.01. The van der Waals surface area contributed by atoms with E-state index < -0.39 is 12.6 Å². The van der Waals surface area contributed by atoms with Gasteiger partial charge in [-0.15, -0.1) is 0 Å². The van der Waals surface area contributed by atoms with Crippen molar-refractivity contribution in [3.63, 3.8) is 0 Å². The number of hydrogen-bond donors (Lipinski definition) is 1. The van der Waals surface area contributed by atoms with E-state index in [1.807, 2.05) is 0 Å². The standard InChI is InChI=1S/C12H12BrFO3/c13-11-4-3-10(17-7-1-6-14)8-9(11)2-5-12(15)16/h2-5,8H,1,6-7H2,(H,15,16)/b5-2+. The molecule has 0 amide bonds. The largest absolute Gasteiger partial charge is 0.493 e. The van der Waals surface area contributed by atoms with E-state index >= 15 is 0 Å². The molecular weight excluding hydrogens is 291 g/mol. The second-order valence-corrected chi connectivity index (χ2v) is 4.10. The van der Waals surface area contributed by atoms with Gasteiger partial charge in [-0.25, -0.2) is 4.79 Å². The highest BCUT2D eigenvalue weighted by atomic mass is 79.9. The number of rotatable bonds is 6. The zero-order valence-corrected chi connectivity index (χ0v) is 10.6. The summed E-state index contributed by atoms with van der Waals surface area (Å²) in [5.74, 6) is -0.424. The average molecular weight is 303 g/mol. The number of hydrogen-bond acceptors (Lipinski definition) is 2. The van der Waals surface area contributed by atoms with Crippen LogP contribution in [0.25, 0.3) is 6.08 Å². The first-order valence-corrected chi connectivity index (χ1v) is 5.82. The Bertz CT molecular complexity index is 418. The molecule has 0 unspecified atom stereocenters. The topological polar surface area (TPSA) is 46.5 Å². The lowest BCUT2D eigenvalue weighted by molar-refractivity contribution is -0.131. The molecule has 0 aliphatic heterocycles. The highest BCUT2D eigenvalue weighted by molar-refractivity contribution is 9.10. The van der Waals surface area contributed by atoms with E-state index in [2.05, 4.69) is 15.9 Å². The second-order valence-electron chi connectivity index (χ2n) is 3.25. The molecule has 0 bridgehead atoms. The number of carboxylic acid groups (broad SMARTS) is 1. The van der Waals surface area contributed by atoms with Crippen molar-refractivity contribution in [3.05, 3.63) is 34.3 Å². The first-order valence-electron chi connectivity index (χ1n) is 5.03. The van der Waals surface area contributed by atoms with Crippen LogP contribution in [0.3, 0.4) is 0 Å². The summed E-state index contributed by atoms with van der Waals surface area (Å²) in [7, 11) is 0. The first-order chi connectivity index (χ1) is 8.13. The number of ether oxygens (including phenoxy) is 1. The smallest absolute Gasteiger partial charge is 0.328 e. The molecule has 92 valence electrons. The third-order valence-corrected chi connectivity index (χ3v) is 2.64. The molecule has 0 aliphatic rings. The van der Waals surface area contributed by atoms with Crippen LogP contribution in [0.15, 0.2) is 28.7 Å². The molecule has 5 heteroatoms. The van der Waals surface area contributed by atoms with Gasteiger partial charge in [-0.05, 0) is 29.8 Å². The highest BCUT2D eigenvalue weighted by Gasteiger charge is 2.00. The lowest BCUT2D eigenvalue weighted by atomic mass is 10.2. The average Bonchev–Trinajstić information content (AvgIpc) is 2.29. The predicted molar refractivity (Wildman–Crippen MR) is 66.9 cm³/mol. The van der Waals surface area contributed by atoms with Gasteiger partial charge in [-0.3, -0.25) is 4.39 Å². The fraction of sp³-hybridized carbons (Fsp3) is 0.250. The molecule has 0 radical (unpaired) electrons. The van der Waals surface area contributed by atoms with Crippen LogP contribution in [0.1, 0.15) is 12.0 Å². The quantitative estimate of drug-likeness (QED) is 0.648. The Kier molecular flexibility index (Phi) is 5.69. The van der Waals surface area contributed by atoms with Crippen molar-refractivity contribution in [2.45, 2.75) is 6.42 Å². The molecule has 0 saturated carbocycles. The van der Waals surface area contributed by atoms with Crippen molar-refractivity contribution in [2.24, 2.45) is 0 Å². The summed E-state index contributed by atoms with van der Waals surface area (Å²) in [4.78, 5) is 10.4. The molecule has 1 rings (SSSR count). The number of halogens is 2. The Hall–Kier alpha value is -1.36. The normalized spacial score (nSPS) is 10.7. The van der Waals surface area contributed by atoms with Crippen LogP contribution in [-0.2, 0) is 4.79 Å². The third-order valence-electron chi connectivity index (χ3n) is 1.92. The predicted octanol–water partition coefficient (Wildman–Crippen LogP) is 3.29. The van der Waals surface area contributed by atoms with Gasteiger partial charge in [0, 0.05) is 17.0 Å². The fourth-order valence-corrected chi connectivity index (χ4v) is 1.52. The maximum Gasteiger partial charge on any atom is 0.328 e. The number of carboxylic acids is 1. The van der Waals surface area contributed by atoms with E-state index in [4.69, 9.17) is 9.84 Å². The summed E-state index contributed by atoms with van der Waals surface area (Å²) in [5, 5.41) is 8.53. The van der Waals surface area contributed by atoms with Crippen LogP contribution >= 0.6 is 15.9 Å². The van der Waals surface area contributed by atoms with E-state index in [0.29, 0.717) is 24.3 Å². The Balaban J connectivity index is 2.75. The SMILES string of the molecule is O=C(O)/C=C/c1cc(OCCCF)ccc1Br. The second kappa shape index (κ2) is 7.06. The fourth-order valence-electron chi connectivity index (χ4n) is 1.14. The third kappa shape index (κ3) is 4.99. The summed E-state index contributed by atoms with van der Waals surface area (Å²) in [6.45, 7) is -0.109. The molecule has 17 heavy (non-hydrogen) atoms. The van der Waals surface area contributed by atoms with Gasteiger partial charge in [0.25, 0.3) is 0 Å². The minimum Gasteiger partial charge on any atom is -0.493 e. The number of carbonyl (C=O) groups is 1. The molecule has 3 nitrogen and oxygen atoms in total. The molecule has 0 aromatic heterocycles. The lowest BCUT2D eigenvalue weighted by Gasteiger charge is -2.06. The molecule has 0 atom stereocenters. The van der Waals surface area contributed by atoms with E-state index in [-0.39, 0.29) is 0 Å². The first kappa shape index (κ1) is 13.7. The molecule has 0 fully saturated rings. The Morgan fingerprint density at radius 3 is 2.94 bits per heavy atom. The van der Waals surface area contributed by atoms with Gasteiger partial charge in [-0.2, -0.15) is 0 Å². The van der Waals surface area contributed by atoms with Crippen molar-refractivity contribution < 1.29 is 19.0 Å². The Morgan fingerprint density at radius 2 is 2.29 bits per heavy atom. The maximum atomic E-state index is 11.9. The van der Waals surface area contributed by atoms with Crippen molar-refractivity contribution in [1.82, 2.24) is 0 Å². The van der Waals surface area contributed by atoms with Crippen LogP contribution in [-0.4, -0.2) is 24.4 Å². The molecule has 0 spiro atoms. The van der Waals surface area contributed by atoms with Crippen molar-refractivity contribution in [2.75, 3.05) is 13.3 Å². The zero-order chi connectivity index (χ0) is 12.7. The molecule has 0 heterocycles. The van der Waals surface area contributed by atoms with Gasteiger partial charge in [0.2, 0.25) is 0 Å². The monoisotopic (exact) mass is 302 g/mol. The molecule has 0 aliphatic carbocycles. The van der Waals surface area contributed by atoms with Gasteiger partial charge >= 0.3 is 5.97 Å². The zero-order valence-electron chi connectivity index (χ0n) is 9.03. The molecule has 1 N–H and O–H groups in total. The van der Waals surface area contributed by atoms with Crippen LogP contribution in [0.2, 0.25) is 0 Å². The van der Waals surface area contributed by atoms with Crippen molar-refractivity contribution >= 4 is 28.0 Å². The molecule has 1 aromatic carbocycles. The van der Waals surface area contributed by atoms with Gasteiger partial charge in [0.15, 0.2) is 0 Å². The Labute approximate surface area is 107 Å². The van der Waals surface area contributed by atoms with Crippen LogP contribution < -0.4 is 4.74 Å². The molecular formula is C12H12BrFO3. The van der Waals surface area contributed by atoms with Gasteiger partial charge in [0.05, 0.1) is 13.3 Å². The lowest BCUT2D eigenvalue weighted by Crippen LogP contribution is -1.98. The highest BCUT2D eigenvalue weighted by Crippen LogP contribution is 2.23. The van der Waals surface area contributed by atoms with E-state index in [9.17, 15) is 9.18 Å². The summed E-state index contributed by atoms with van der Waals surface area (Å²) < 4.78 is 18.0. The summed E-state index contributed by atoms with van der Waals surface area (Å²) in [6, 6.07) is 5.19. The molecule has 0 saturated heterocycles. The minimum absolute atomic E-state index is 0.306. The van der Waals surface area contributed by atoms with E-state index in [1.54, 1.807) is 18.2 Å². The van der Waals surface area contributed by atoms with Gasteiger partial charge in [-0.1, -0.05) is 15.9 Å². The summed E-state index contributed by atoms with van der Waals surface area (Å²) in [5.41, 5.74) is 0.699. The van der Waals surface area contributed by atoms with Crippen LogP contribution in [0, 0.1) is 0 Å². The molecule has 1 aromatic rings. The summed E-state index contributed by atoms with van der Waals surface area (Å²) >= 11 is 3.30. The van der Waals surface area contributed by atoms with E-state index in [1.165, 1.54) is 6.08 Å². The maximum absolute atomic E-state index is 11.9. The van der Waals surface area contributed by atoms with Gasteiger partial charge < -0.3 is 9.84 Å². The summed E-state index contributed by atoms with van der Waals surface area (Å²) in [6.07, 6.45) is 2.86. The number of benzene rings is 1. The Morgan fingerprint density at radius 1 is 1.53 bits per heavy atom. The van der Waals surface area contributed by atoms with Gasteiger partial charge in [0.1, 0.15) is 5.75 Å². The number of aliphatic carboxylic acids is 1. The van der Waals surface area contributed by atoms with Crippen molar-refractivity contribution in [3.8, 4) is 5.75 Å². The van der Waals surface area contributed by atoms with Crippen LogP contribution in [0.5, 0.6) is 5.75 Å². The van der Waals surface area contributed by atoms with Crippen LogP contribution in [0.4, 0.5) is 4.39 Å².